The summed E-state index contributed by atoms with van der Waals surface area (Å²) in [5.41, 5.74) is 0.940. The van der Waals surface area contributed by atoms with E-state index >= 15 is 0 Å². The number of carbonyl (C=O) groups is 1. The second-order valence-corrected chi connectivity index (χ2v) is 4.71. The van der Waals surface area contributed by atoms with E-state index in [9.17, 15) is 9.90 Å². The van der Waals surface area contributed by atoms with Crippen LogP contribution in [0.3, 0.4) is 0 Å². The Labute approximate surface area is 118 Å². The fraction of sp³-hybridized carbons (Fsp3) is 0. The summed E-state index contributed by atoms with van der Waals surface area (Å²) in [6.45, 7) is 0. The van der Waals surface area contributed by atoms with Crippen molar-refractivity contribution in [1.29, 1.82) is 0 Å². The zero-order valence-electron chi connectivity index (χ0n) is 10.1. The van der Waals surface area contributed by atoms with E-state index in [1.54, 1.807) is 18.2 Å². The Hall–Kier alpha value is -2.46. The summed E-state index contributed by atoms with van der Waals surface area (Å²) in [7, 11) is 0. The summed E-state index contributed by atoms with van der Waals surface area (Å²) in [6.07, 6.45) is 0. The number of furan rings is 1. The second-order valence-electron chi connectivity index (χ2n) is 4.31. The van der Waals surface area contributed by atoms with E-state index in [0.29, 0.717) is 21.9 Å². The van der Waals surface area contributed by atoms with E-state index in [-0.39, 0.29) is 11.3 Å². The molecule has 2 N–H and O–H groups in total. The first-order chi connectivity index (χ1) is 9.56. The molecule has 0 radical (unpaired) electrons. The number of phenols is 1. The number of carboxylic acids is 1. The molecule has 20 heavy (non-hydrogen) atoms. The highest BCUT2D eigenvalue weighted by molar-refractivity contribution is 6.34. The van der Waals surface area contributed by atoms with E-state index in [4.69, 9.17) is 21.1 Å². The van der Waals surface area contributed by atoms with E-state index in [1.165, 1.54) is 12.1 Å². The fourth-order valence-electron chi connectivity index (χ4n) is 2.03. The number of halogens is 1. The zero-order chi connectivity index (χ0) is 14.3. The molecule has 5 heteroatoms. The molecular weight excluding hydrogens is 280 g/mol. The molecule has 3 aromatic rings. The highest BCUT2D eigenvalue weighted by Gasteiger charge is 2.14. The zero-order valence-corrected chi connectivity index (χ0v) is 10.9. The van der Waals surface area contributed by atoms with Crippen molar-refractivity contribution in [1.82, 2.24) is 0 Å². The standard InChI is InChI=1S/C15H9ClO4/c16-11-3-1-2-9-7-13(20-14(9)11)8-4-5-12(17)10(6-8)15(18)19/h1-7,17H,(H,18,19). The van der Waals surface area contributed by atoms with Crippen LogP contribution in [-0.2, 0) is 0 Å². The molecule has 1 heterocycles. The Morgan fingerprint density at radius 1 is 1.15 bits per heavy atom. The Bertz CT molecular complexity index is 820. The maximum absolute atomic E-state index is 11.0. The van der Waals surface area contributed by atoms with Crippen LogP contribution in [0.25, 0.3) is 22.3 Å². The van der Waals surface area contributed by atoms with Gasteiger partial charge in [-0.2, -0.15) is 0 Å². The Kier molecular flexibility index (Phi) is 2.88. The van der Waals surface area contributed by atoms with Crippen molar-refractivity contribution in [3.8, 4) is 17.1 Å². The van der Waals surface area contributed by atoms with Gasteiger partial charge in [-0.1, -0.05) is 23.7 Å². The van der Waals surface area contributed by atoms with Crippen LogP contribution in [0.15, 0.2) is 46.9 Å². The molecule has 4 nitrogen and oxygen atoms in total. The van der Waals surface area contributed by atoms with Gasteiger partial charge in [0.05, 0.1) is 5.02 Å². The lowest BCUT2D eigenvalue weighted by atomic mass is 10.1. The van der Waals surface area contributed by atoms with E-state index in [2.05, 4.69) is 0 Å². The summed E-state index contributed by atoms with van der Waals surface area (Å²) in [5, 5.41) is 19.8. The Balaban J connectivity index is 2.18. The first-order valence-corrected chi connectivity index (χ1v) is 6.19. The average molecular weight is 289 g/mol. The lowest BCUT2D eigenvalue weighted by Gasteiger charge is -2.02. The number of para-hydroxylation sites is 1. The maximum Gasteiger partial charge on any atom is 0.339 e. The van der Waals surface area contributed by atoms with Gasteiger partial charge in [0.1, 0.15) is 17.1 Å². The van der Waals surface area contributed by atoms with Crippen molar-refractivity contribution in [2.75, 3.05) is 0 Å². The first kappa shape index (κ1) is 12.6. The van der Waals surface area contributed by atoms with Gasteiger partial charge in [0.15, 0.2) is 5.58 Å². The molecule has 0 bridgehead atoms. The number of rotatable bonds is 2. The third-order valence-electron chi connectivity index (χ3n) is 3.01. The van der Waals surface area contributed by atoms with Crippen molar-refractivity contribution >= 4 is 28.5 Å². The molecule has 0 unspecified atom stereocenters. The number of aromatic carboxylic acids is 1. The summed E-state index contributed by atoms with van der Waals surface area (Å²) >= 11 is 6.04. The van der Waals surface area contributed by atoms with Gasteiger partial charge in [-0.05, 0) is 30.3 Å². The van der Waals surface area contributed by atoms with Crippen molar-refractivity contribution in [2.24, 2.45) is 0 Å². The third-order valence-corrected chi connectivity index (χ3v) is 3.31. The van der Waals surface area contributed by atoms with Crippen molar-refractivity contribution in [3.63, 3.8) is 0 Å². The van der Waals surface area contributed by atoms with Gasteiger partial charge in [0.25, 0.3) is 0 Å². The smallest absolute Gasteiger partial charge is 0.339 e. The number of hydrogen-bond acceptors (Lipinski definition) is 3. The van der Waals surface area contributed by atoms with Crippen LogP contribution in [0.5, 0.6) is 5.75 Å². The maximum atomic E-state index is 11.0. The van der Waals surface area contributed by atoms with Crippen LogP contribution in [0.4, 0.5) is 0 Å². The number of carboxylic acid groups (broad SMARTS) is 1. The second kappa shape index (κ2) is 4.58. The first-order valence-electron chi connectivity index (χ1n) is 5.81. The van der Waals surface area contributed by atoms with Crippen LogP contribution in [0.2, 0.25) is 5.02 Å². The summed E-state index contributed by atoms with van der Waals surface area (Å²) in [6, 6.07) is 11.4. The normalized spacial score (nSPS) is 10.8. The lowest BCUT2D eigenvalue weighted by molar-refractivity contribution is 0.0694. The van der Waals surface area contributed by atoms with Crippen LogP contribution in [0.1, 0.15) is 10.4 Å². The fourth-order valence-corrected chi connectivity index (χ4v) is 2.25. The molecule has 0 fully saturated rings. The monoisotopic (exact) mass is 288 g/mol. The summed E-state index contributed by atoms with van der Waals surface area (Å²) in [4.78, 5) is 11.0. The highest BCUT2D eigenvalue weighted by atomic mass is 35.5. The average Bonchev–Trinajstić information content (AvgIpc) is 2.84. The molecular formula is C15H9ClO4. The minimum absolute atomic E-state index is 0.172. The van der Waals surface area contributed by atoms with Crippen molar-refractivity contribution < 1.29 is 19.4 Å². The predicted molar refractivity (Wildman–Crippen MR) is 75.3 cm³/mol. The molecule has 0 aliphatic heterocycles. The molecule has 3 rings (SSSR count). The molecule has 0 aliphatic carbocycles. The van der Waals surface area contributed by atoms with E-state index in [1.807, 2.05) is 12.1 Å². The topological polar surface area (TPSA) is 70.7 Å². The number of aromatic hydroxyl groups is 1. The number of benzene rings is 2. The molecule has 1 aromatic heterocycles. The molecule has 0 saturated heterocycles. The molecule has 0 aliphatic rings. The van der Waals surface area contributed by atoms with Gasteiger partial charge in [-0.3, -0.25) is 0 Å². The van der Waals surface area contributed by atoms with Gasteiger partial charge in [0.2, 0.25) is 0 Å². The van der Waals surface area contributed by atoms with Crippen LogP contribution in [-0.4, -0.2) is 16.2 Å². The van der Waals surface area contributed by atoms with Gasteiger partial charge >= 0.3 is 5.97 Å². The Morgan fingerprint density at radius 2 is 1.95 bits per heavy atom. The minimum atomic E-state index is -1.20. The van der Waals surface area contributed by atoms with Crippen LogP contribution < -0.4 is 0 Å². The highest BCUT2D eigenvalue weighted by Crippen LogP contribution is 2.33. The van der Waals surface area contributed by atoms with Gasteiger partial charge in [0, 0.05) is 10.9 Å². The molecule has 100 valence electrons. The molecule has 2 aromatic carbocycles. The summed E-state index contributed by atoms with van der Waals surface area (Å²) in [5.74, 6) is -0.982. The Morgan fingerprint density at radius 3 is 2.65 bits per heavy atom. The van der Waals surface area contributed by atoms with Gasteiger partial charge in [-0.25, -0.2) is 4.79 Å². The SMILES string of the molecule is O=C(O)c1cc(-c2cc3cccc(Cl)c3o2)ccc1O. The molecule has 0 spiro atoms. The predicted octanol–water partition coefficient (Wildman–Crippen LogP) is 4.16. The lowest BCUT2D eigenvalue weighted by Crippen LogP contribution is -1.96. The van der Waals surface area contributed by atoms with Crippen LogP contribution >= 0.6 is 11.6 Å². The van der Waals surface area contributed by atoms with E-state index < -0.39 is 5.97 Å². The third kappa shape index (κ3) is 2.00. The summed E-state index contributed by atoms with van der Waals surface area (Å²) < 4.78 is 5.65. The number of fused-ring (bicyclic) bond motifs is 1. The quantitative estimate of drug-likeness (QED) is 0.743. The van der Waals surface area contributed by atoms with Gasteiger partial charge < -0.3 is 14.6 Å². The molecule has 0 saturated carbocycles. The van der Waals surface area contributed by atoms with Crippen molar-refractivity contribution in [2.45, 2.75) is 0 Å². The van der Waals surface area contributed by atoms with Crippen molar-refractivity contribution in [3.05, 3.63) is 53.1 Å². The van der Waals surface area contributed by atoms with Crippen LogP contribution in [0, 0.1) is 0 Å². The van der Waals surface area contributed by atoms with Gasteiger partial charge in [-0.15, -0.1) is 0 Å². The molecule has 0 amide bonds. The van der Waals surface area contributed by atoms with E-state index in [0.717, 1.165) is 5.39 Å². The largest absolute Gasteiger partial charge is 0.507 e. The molecule has 0 atom stereocenters. The number of hydrogen-bond donors (Lipinski definition) is 2. The minimum Gasteiger partial charge on any atom is -0.507 e.